The number of H-pyrrole nitrogens is 2. The maximum Gasteiger partial charge on any atom is 0.277 e. The number of methoxy groups -OCH3 is 1. The third-order valence-corrected chi connectivity index (χ3v) is 3.91. The van der Waals surface area contributed by atoms with Crippen LogP contribution in [0.4, 0.5) is 11.5 Å². The van der Waals surface area contributed by atoms with Crippen molar-refractivity contribution < 1.29 is 9.47 Å². The van der Waals surface area contributed by atoms with Gasteiger partial charge in [-0.1, -0.05) is 12.1 Å². The standard InChI is InChI=1S/C18H16N6O3/c1-26-15-12(22-16-14-17(21-10-20-16)23-24-18(14)25)6-4-7-13(15)27-9-11-5-2-3-8-19-11/h2-8,10H,9H2,1H3,(H3,20,21,22,23,24,25). The van der Waals surface area contributed by atoms with Crippen molar-refractivity contribution in [2.75, 3.05) is 12.4 Å². The number of nitrogens with one attached hydrogen (secondary N) is 3. The molecule has 9 nitrogen and oxygen atoms in total. The fraction of sp³-hybridized carbons (Fsp3) is 0.111. The normalized spacial score (nSPS) is 10.7. The van der Waals surface area contributed by atoms with Gasteiger partial charge in [-0.2, -0.15) is 0 Å². The van der Waals surface area contributed by atoms with Gasteiger partial charge in [0.15, 0.2) is 17.1 Å². The smallest absolute Gasteiger partial charge is 0.277 e. The summed E-state index contributed by atoms with van der Waals surface area (Å²) in [6, 6.07) is 11.0. The molecule has 0 radical (unpaired) electrons. The van der Waals surface area contributed by atoms with Crippen LogP contribution in [0.5, 0.6) is 11.5 Å². The molecule has 0 aliphatic rings. The van der Waals surface area contributed by atoms with Crippen LogP contribution in [0.25, 0.3) is 11.0 Å². The predicted octanol–water partition coefficient (Wildman–Crippen LogP) is 2.37. The summed E-state index contributed by atoms with van der Waals surface area (Å²) in [5.41, 5.74) is 1.51. The first-order valence-corrected chi connectivity index (χ1v) is 8.14. The van der Waals surface area contributed by atoms with Gasteiger partial charge in [0.2, 0.25) is 0 Å². The third kappa shape index (κ3) is 3.30. The zero-order valence-corrected chi connectivity index (χ0v) is 14.4. The number of hydrogen-bond donors (Lipinski definition) is 3. The fourth-order valence-corrected chi connectivity index (χ4v) is 2.67. The molecule has 0 atom stereocenters. The number of anilines is 2. The van der Waals surface area contributed by atoms with Gasteiger partial charge in [0.1, 0.15) is 24.1 Å². The molecule has 0 unspecified atom stereocenters. The van der Waals surface area contributed by atoms with Gasteiger partial charge in [-0.05, 0) is 24.3 Å². The number of para-hydroxylation sites is 1. The summed E-state index contributed by atoms with van der Waals surface area (Å²) in [7, 11) is 1.55. The van der Waals surface area contributed by atoms with Crippen LogP contribution in [0.1, 0.15) is 5.69 Å². The molecular weight excluding hydrogens is 348 g/mol. The number of fused-ring (bicyclic) bond motifs is 1. The Kier molecular flexibility index (Phi) is 4.40. The van der Waals surface area contributed by atoms with Crippen molar-refractivity contribution in [1.29, 1.82) is 0 Å². The van der Waals surface area contributed by atoms with Crippen molar-refractivity contribution in [3.63, 3.8) is 0 Å². The topological polar surface area (TPSA) is 118 Å². The molecule has 1 aromatic carbocycles. The molecule has 0 aliphatic heterocycles. The Hall–Kier alpha value is -3.88. The summed E-state index contributed by atoms with van der Waals surface area (Å²) in [5.74, 6) is 1.40. The van der Waals surface area contributed by atoms with E-state index < -0.39 is 0 Å². The van der Waals surface area contributed by atoms with E-state index in [1.54, 1.807) is 25.4 Å². The number of rotatable bonds is 6. The highest BCUT2D eigenvalue weighted by Crippen LogP contribution is 2.37. The second kappa shape index (κ2) is 7.16. The molecule has 0 amide bonds. The Balaban J connectivity index is 1.65. The van der Waals surface area contributed by atoms with Crippen molar-refractivity contribution in [3.8, 4) is 11.5 Å². The number of benzene rings is 1. The summed E-state index contributed by atoms with van der Waals surface area (Å²) in [6.45, 7) is 0.301. The summed E-state index contributed by atoms with van der Waals surface area (Å²) in [4.78, 5) is 24.4. The first kappa shape index (κ1) is 16.6. The fourth-order valence-electron chi connectivity index (χ4n) is 2.67. The maximum atomic E-state index is 12.0. The van der Waals surface area contributed by atoms with Gasteiger partial charge in [0.05, 0.1) is 18.5 Å². The van der Waals surface area contributed by atoms with Gasteiger partial charge in [0.25, 0.3) is 5.56 Å². The molecule has 0 fully saturated rings. The molecule has 0 saturated carbocycles. The maximum absolute atomic E-state index is 12.0. The van der Waals surface area contributed by atoms with Crippen LogP contribution >= 0.6 is 0 Å². The number of aromatic amines is 2. The Morgan fingerprint density at radius 3 is 2.81 bits per heavy atom. The Labute approximate surface area is 153 Å². The largest absolute Gasteiger partial charge is 0.491 e. The molecule has 0 saturated heterocycles. The van der Waals surface area contributed by atoms with Crippen molar-refractivity contribution in [3.05, 3.63) is 65.0 Å². The predicted molar refractivity (Wildman–Crippen MR) is 99.4 cm³/mol. The van der Waals surface area contributed by atoms with Crippen molar-refractivity contribution >= 4 is 22.5 Å². The van der Waals surface area contributed by atoms with E-state index in [1.807, 2.05) is 24.3 Å². The highest BCUT2D eigenvalue weighted by molar-refractivity contribution is 5.88. The second-order valence-corrected chi connectivity index (χ2v) is 5.60. The van der Waals surface area contributed by atoms with Gasteiger partial charge in [-0.15, -0.1) is 0 Å². The molecule has 27 heavy (non-hydrogen) atoms. The number of ether oxygens (including phenoxy) is 2. The zero-order chi connectivity index (χ0) is 18.6. The first-order valence-electron chi connectivity index (χ1n) is 8.14. The Bertz CT molecular complexity index is 1120. The van der Waals surface area contributed by atoms with E-state index in [0.29, 0.717) is 40.6 Å². The highest BCUT2D eigenvalue weighted by Gasteiger charge is 2.15. The lowest BCUT2D eigenvalue weighted by Crippen LogP contribution is -2.05. The van der Waals surface area contributed by atoms with Crippen LogP contribution in [-0.4, -0.2) is 32.3 Å². The van der Waals surface area contributed by atoms with E-state index in [1.165, 1.54) is 6.33 Å². The van der Waals surface area contributed by atoms with Crippen molar-refractivity contribution in [1.82, 2.24) is 25.1 Å². The van der Waals surface area contributed by atoms with Gasteiger partial charge < -0.3 is 14.8 Å². The molecule has 0 aliphatic carbocycles. The zero-order valence-electron chi connectivity index (χ0n) is 14.4. The molecule has 0 bridgehead atoms. The molecule has 3 heterocycles. The highest BCUT2D eigenvalue weighted by atomic mass is 16.5. The van der Waals surface area contributed by atoms with E-state index in [2.05, 4.69) is 30.5 Å². The molecule has 3 aromatic heterocycles. The van der Waals surface area contributed by atoms with Crippen LogP contribution in [0.15, 0.2) is 53.7 Å². The van der Waals surface area contributed by atoms with Crippen LogP contribution in [-0.2, 0) is 6.61 Å². The molecular formula is C18H16N6O3. The van der Waals surface area contributed by atoms with Crippen molar-refractivity contribution in [2.45, 2.75) is 6.61 Å². The van der Waals surface area contributed by atoms with Gasteiger partial charge in [0, 0.05) is 6.20 Å². The van der Waals surface area contributed by atoms with Crippen LogP contribution in [0.3, 0.4) is 0 Å². The monoisotopic (exact) mass is 364 g/mol. The van der Waals surface area contributed by atoms with Crippen LogP contribution < -0.4 is 20.3 Å². The third-order valence-electron chi connectivity index (χ3n) is 3.91. The lowest BCUT2D eigenvalue weighted by molar-refractivity contribution is 0.281. The van der Waals surface area contributed by atoms with E-state index >= 15 is 0 Å². The second-order valence-electron chi connectivity index (χ2n) is 5.60. The van der Waals surface area contributed by atoms with E-state index in [0.717, 1.165) is 5.69 Å². The summed E-state index contributed by atoms with van der Waals surface area (Å²) in [5, 5.41) is 8.65. The number of pyridine rings is 1. The SMILES string of the molecule is COc1c(Nc2ncnc3[nH][nH]c(=O)c23)cccc1OCc1ccccn1. The lowest BCUT2D eigenvalue weighted by atomic mass is 10.2. The number of hydrogen-bond acceptors (Lipinski definition) is 7. The molecule has 0 spiro atoms. The van der Waals surface area contributed by atoms with Gasteiger partial charge in [-0.25, -0.2) is 9.97 Å². The average molecular weight is 364 g/mol. The first-order chi connectivity index (χ1) is 13.3. The van der Waals surface area contributed by atoms with Gasteiger partial charge >= 0.3 is 0 Å². The number of aromatic nitrogens is 5. The molecule has 3 N–H and O–H groups in total. The average Bonchev–Trinajstić information content (AvgIpc) is 3.09. The quantitative estimate of drug-likeness (QED) is 0.481. The molecule has 136 valence electrons. The minimum absolute atomic E-state index is 0.301. The van der Waals surface area contributed by atoms with Crippen molar-refractivity contribution in [2.24, 2.45) is 0 Å². The number of nitrogens with zero attached hydrogens (tertiary/aromatic N) is 3. The molecule has 4 aromatic rings. The van der Waals surface area contributed by atoms with E-state index in [4.69, 9.17) is 9.47 Å². The van der Waals surface area contributed by atoms with E-state index in [9.17, 15) is 4.79 Å². The lowest BCUT2D eigenvalue weighted by Gasteiger charge is -2.15. The van der Waals surface area contributed by atoms with Gasteiger partial charge in [-0.3, -0.25) is 20.0 Å². The minimum Gasteiger partial charge on any atom is -0.491 e. The minimum atomic E-state index is -0.311. The van der Waals surface area contributed by atoms with Crippen LogP contribution in [0.2, 0.25) is 0 Å². The summed E-state index contributed by atoms with van der Waals surface area (Å²) < 4.78 is 11.4. The van der Waals surface area contributed by atoms with Crippen LogP contribution in [0, 0.1) is 0 Å². The molecule has 9 heteroatoms. The Morgan fingerprint density at radius 2 is 2.00 bits per heavy atom. The summed E-state index contributed by atoms with van der Waals surface area (Å²) in [6.07, 6.45) is 3.07. The van der Waals surface area contributed by atoms with E-state index in [-0.39, 0.29) is 5.56 Å². The summed E-state index contributed by atoms with van der Waals surface area (Å²) >= 11 is 0. The molecule has 4 rings (SSSR count). The Morgan fingerprint density at radius 1 is 1.07 bits per heavy atom.